The van der Waals surface area contributed by atoms with Crippen molar-refractivity contribution in [2.45, 2.75) is 38.5 Å². The van der Waals surface area contributed by atoms with Crippen LogP contribution in [0.5, 0.6) is 0 Å². The van der Waals surface area contributed by atoms with Crippen molar-refractivity contribution in [3.05, 3.63) is 111 Å². The molecule has 8 N–H and O–H groups in total. The van der Waals surface area contributed by atoms with Gasteiger partial charge in [-0.2, -0.15) is 0 Å². The van der Waals surface area contributed by atoms with Crippen molar-refractivity contribution in [1.82, 2.24) is 20.2 Å². The highest BCUT2D eigenvalue weighted by atomic mass is 19.1. The largest absolute Gasteiger partial charge is 0.399 e. The minimum atomic E-state index is -0.477. The third kappa shape index (κ3) is 7.41. The summed E-state index contributed by atoms with van der Waals surface area (Å²) < 4.78 is 14.5. The second-order valence-corrected chi connectivity index (χ2v) is 10.3. The van der Waals surface area contributed by atoms with E-state index in [1.807, 2.05) is 0 Å². The first-order chi connectivity index (χ1) is 20.7. The van der Waals surface area contributed by atoms with Crippen LogP contribution in [0.25, 0.3) is 11.3 Å². The lowest BCUT2D eigenvalue weighted by Gasteiger charge is -2.16. The van der Waals surface area contributed by atoms with Gasteiger partial charge in [0.15, 0.2) is 5.82 Å². The minimum absolute atomic E-state index is 0.0501. The SMILES string of the molecule is N=C(N)c1ccc(CNC(=O)Cn2c(-c3cc(N)cc(C(=O)NCc4ccc(F)cc4)c3)cnc(NC3CC3)c2=O)cc1. The lowest BCUT2D eigenvalue weighted by molar-refractivity contribution is -0.121. The third-order valence-corrected chi connectivity index (χ3v) is 6.91. The number of nitrogens with two attached hydrogens (primary N) is 2. The van der Waals surface area contributed by atoms with Crippen LogP contribution in [0.2, 0.25) is 0 Å². The van der Waals surface area contributed by atoms with E-state index in [0.717, 1.165) is 24.0 Å². The molecule has 0 radical (unpaired) electrons. The molecule has 220 valence electrons. The fourth-order valence-corrected chi connectivity index (χ4v) is 4.41. The molecule has 1 heterocycles. The number of anilines is 2. The molecule has 1 aliphatic carbocycles. The van der Waals surface area contributed by atoms with E-state index in [9.17, 15) is 18.8 Å². The molecule has 1 saturated carbocycles. The summed E-state index contributed by atoms with van der Waals surface area (Å²) in [7, 11) is 0. The summed E-state index contributed by atoms with van der Waals surface area (Å²) in [4.78, 5) is 43.9. The summed E-state index contributed by atoms with van der Waals surface area (Å²) >= 11 is 0. The zero-order valence-electron chi connectivity index (χ0n) is 23.2. The zero-order valence-corrected chi connectivity index (χ0v) is 23.2. The Hall–Kier alpha value is -5.52. The van der Waals surface area contributed by atoms with Crippen molar-refractivity contribution in [3.63, 3.8) is 0 Å². The number of carbonyl (C=O) groups excluding carboxylic acids is 2. The molecule has 5 rings (SSSR count). The first-order valence-electron chi connectivity index (χ1n) is 13.7. The maximum Gasteiger partial charge on any atom is 0.294 e. The summed E-state index contributed by atoms with van der Waals surface area (Å²) in [6.07, 6.45) is 3.34. The molecular weight excluding hydrogens is 551 g/mol. The Labute approximate surface area is 246 Å². The van der Waals surface area contributed by atoms with Gasteiger partial charge >= 0.3 is 0 Å². The van der Waals surface area contributed by atoms with Gasteiger partial charge in [-0.05, 0) is 54.3 Å². The van der Waals surface area contributed by atoms with Gasteiger partial charge in [-0.25, -0.2) is 9.37 Å². The highest BCUT2D eigenvalue weighted by Crippen LogP contribution is 2.25. The van der Waals surface area contributed by atoms with Crippen molar-refractivity contribution < 1.29 is 14.0 Å². The van der Waals surface area contributed by atoms with E-state index in [0.29, 0.717) is 16.8 Å². The summed E-state index contributed by atoms with van der Waals surface area (Å²) in [5.74, 6) is -1.11. The number of aromatic nitrogens is 2. The first kappa shape index (κ1) is 29.0. The molecule has 0 saturated heterocycles. The van der Waals surface area contributed by atoms with Gasteiger partial charge in [0.2, 0.25) is 5.91 Å². The second kappa shape index (κ2) is 12.6. The van der Waals surface area contributed by atoms with Crippen molar-refractivity contribution >= 4 is 29.2 Å². The number of rotatable bonds is 11. The number of amidine groups is 1. The molecule has 1 aromatic heterocycles. The average molecular weight is 583 g/mol. The number of amides is 2. The summed E-state index contributed by atoms with van der Waals surface area (Å²) in [6.45, 7) is 0.0766. The summed E-state index contributed by atoms with van der Waals surface area (Å²) in [5, 5.41) is 16.2. The minimum Gasteiger partial charge on any atom is -0.399 e. The van der Waals surface area contributed by atoms with Gasteiger partial charge in [0, 0.05) is 41.5 Å². The Bertz CT molecular complexity index is 1730. The maximum atomic E-state index is 13.5. The quantitative estimate of drug-likeness (QED) is 0.0893. The van der Waals surface area contributed by atoms with E-state index < -0.39 is 17.4 Å². The fraction of sp³-hybridized carbons (Fsp3) is 0.194. The van der Waals surface area contributed by atoms with Crippen LogP contribution in [-0.2, 0) is 24.4 Å². The molecule has 11 nitrogen and oxygen atoms in total. The van der Waals surface area contributed by atoms with E-state index in [-0.39, 0.29) is 54.4 Å². The van der Waals surface area contributed by atoms with Crippen LogP contribution in [0, 0.1) is 11.2 Å². The van der Waals surface area contributed by atoms with Gasteiger partial charge in [-0.1, -0.05) is 36.4 Å². The van der Waals surface area contributed by atoms with Crippen LogP contribution in [-0.4, -0.2) is 33.2 Å². The fourth-order valence-electron chi connectivity index (χ4n) is 4.41. The highest BCUT2D eigenvalue weighted by molar-refractivity contribution is 5.96. The van der Waals surface area contributed by atoms with Crippen LogP contribution in [0.15, 0.2) is 77.7 Å². The van der Waals surface area contributed by atoms with Gasteiger partial charge in [0.05, 0.1) is 11.9 Å². The Kier molecular flexibility index (Phi) is 8.46. The number of benzene rings is 3. The van der Waals surface area contributed by atoms with E-state index in [4.69, 9.17) is 16.9 Å². The predicted molar refractivity (Wildman–Crippen MR) is 162 cm³/mol. The molecule has 0 atom stereocenters. The Morgan fingerprint density at radius 1 is 0.953 bits per heavy atom. The molecule has 43 heavy (non-hydrogen) atoms. The Balaban J connectivity index is 1.38. The number of nitrogens with zero attached hydrogens (tertiary/aromatic N) is 2. The predicted octanol–water partition coefficient (Wildman–Crippen LogP) is 2.74. The molecule has 2 amide bonds. The van der Waals surface area contributed by atoms with Crippen LogP contribution in [0.1, 0.15) is 39.9 Å². The molecule has 4 aromatic rings. The summed E-state index contributed by atoms with van der Waals surface area (Å²) in [6, 6.07) is 17.5. The summed E-state index contributed by atoms with van der Waals surface area (Å²) in [5.41, 5.74) is 14.5. The average Bonchev–Trinajstić information content (AvgIpc) is 3.82. The standard InChI is InChI=1S/C31H31FN8O3/c32-23-7-3-19(4-8-23)15-38-30(42)22-11-21(12-24(33)13-22)26-16-37-29(39-25-9-10-25)31(43)40(26)17-27(41)36-14-18-1-5-20(6-2-18)28(34)35/h1-8,11-13,16,25H,9-10,14-15,17,33H2,(H3,34,35)(H,36,41)(H,37,39)(H,38,42). The van der Waals surface area contributed by atoms with Crippen LogP contribution < -0.4 is 33.0 Å². The molecule has 1 aliphatic rings. The molecule has 0 bridgehead atoms. The number of hydrogen-bond acceptors (Lipinski definition) is 7. The number of carbonyl (C=O) groups is 2. The zero-order chi connectivity index (χ0) is 30.5. The third-order valence-electron chi connectivity index (χ3n) is 6.91. The lowest BCUT2D eigenvalue weighted by atomic mass is 10.1. The van der Waals surface area contributed by atoms with E-state index in [2.05, 4.69) is 20.9 Å². The topological polar surface area (TPSA) is 181 Å². The first-order valence-corrected chi connectivity index (χ1v) is 13.7. The van der Waals surface area contributed by atoms with Crippen LogP contribution in [0.4, 0.5) is 15.9 Å². The Morgan fingerprint density at radius 2 is 1.60 bits per heavy atom. The number of nitrogen functional groups attached to an aromatic ring is 2. The van der Waals surface area contributed by atoms with E-state index in [1.165, 1.54) is 29.0 Å². The molecule has 0 spiro atoms. The molecule has 0 aliphatic heterocycles. The molecule has 3 aromatic carbocycles. The van der Waals surface area contributed by atoms with E-state index >= 15 is 0 Å². The number of halogens is 1. The van der Waals surface area contributed by atoms with E-state index in [1.54, 1.807) is 48.5 Å². The molecular formula is C31H31FN8O3. The van der Waals surface area contributed by atoms with Gasteiger partial charge in [0.25, 0.3) is 11.5 Å². The van der Waals surface area contributed by atoms with Crippen molar-refractivity contribution in [1.29, 1.82) is 5.41 Å². The molecule has 12 heteroatoms. The number of hydrogen-bond donors (Lipinski definition) is 6. The second-order valence-electron chi connectivity index (χ2n) is 10.3. The molecule has 1 fully saturated rings. The number of nitrogens with one attached hydrogen (secondary N) is 4. The van der Waals surface area contributed by atoms with Gasteiger partial charge < -0.3 is 27.4 Å². The van der Waals surface area contributed by atoms with Gasteiger partial charge in [-0.3, -0.25) is 24.4 Å². The monoisotopic (exact) mass is 582 g/mol. The van der Waals surface area contributed by atoms with Crippen LogP contribution >= 0.6 is 0 Å². The highest BCUT2D eigenvalue weighted by Gasteiger charge is 2.24. The normalized spacial score (nSPS) is 12.4. The van der Waals surface area contributed by atoms with Crippen LogP contribution in [0.3, 0.4) is 0 Å². The Morgan fingerprint density at radius 3 is 2.26 bits per heavy atom. The van der Waals surface area contributed by atoms with Crippen molar-refractivity contribution in [3.8, 4) is 11.3 Å². The van der Waals surface area contributed by atoms with Crippen molar-refractivity contribution in [2.75, 3.05) is 11.1 Å². The molecule has 0 unspecified atom stereocenters. The van der Waals surface area contributed by atoms with Gasteiger partial charge in [-0.15, -0.1) is 0 Å². The van der Waals surface area contributed by atoms with Gasteiger partial charge in [0.1, 0.15) is 18.2 Å². The lowest BCUT2D eigenvalue weighted by Crippen LogP contribution is -2.34. The smallest absolute Gasteiger partial charge is 0.294 e. The van der Waals surface area contributed by atoms with Crippen molar-refractivity contribution in [2.24, 2.45) is 5.73 Å². The maximum absolute atomic E-state index is 13.5.